The molecule has 1 unspecified atom stereocenters. The molecule has 6 heteroatoms. The highest BCUT2D eigenvalue weighted by atomic mass is 16.6. The number of hydrogen-bond acceptors (Lipinski definition) is 6. The van der Waals surface area contributed by atoms with Crippen LogP contribution in [-0.2, 0) is 14.2 Å². The van der Waals surface area contributed by atoms with Gasteiger partial charge in [-0.25, -0.2) is 9.59 Å². The Kier molecular flexibility index (Phi) is 5.20. The van der Waals surface area contributed by atoms with Crippen LogP contribution in [0, 0.1) is 17.3 Å². The van der Waals surface area contributed by atoms with E-state index in [1.807, 2.05) is 18.2 Å². The minimum atomic E-state index is -0.682. The molecule has 1 aromatic heterocycles. The van der Waals surface area contributed by atoms with Gasteiger partial charge in [0.1, 0.15) is 18.5 Å². The molecule has 3 fully saturated rings. The fourth-order valence-electron chi connectivity index (χ4n) is 6.63. The molecule has 3 aliphatic rings. The maximum atomic E-state index is 13.1. The Labute approximate surface area is 194 Å². The van der Waals surface area contributed by atoms with Crippen molar-refractivity contribution >= 4 is 11.9 Å². The molecular formula is C27H32O6. The number of carbonyl (C=O) groups excluding carboxylic acids is 2. The van der Waals surface area contributed by atoms with Gasteiger partial charge in [-0.3, -0.25) is 0 Å². The minimum Gasteiger partial charge on any atom is -0.472 e. The highest BCUT2D eigenvalue weighted by Crippen LogP contribution is 2.66. The SMILES string of the molecule is CC1CC[C@H](OC(=O)c2ccoc2)[C@@]2(C)[C@@H](OC(=O)c3ccccc3)C[C@@H]3C[C@]12OC3(C)C. The third-order valence-corrected chi connectivity index (χ3v) is 8.65. The molecule has 5 rings (SSSR count). The number of carbonyl (C=O) groups is 2. The zero-order chi connectivity index (χ0) is 23.4. The number of rotatable bonds is 4. The molecule has 0 amide bonds. The topological polar surface area (TPSA) is 75.0 Å². The molecule has 1 aliphatic heterocycles. The van der Waals surface area contributed by atoms with E-state index in [2.05, 4.69) is 27.7 Å². The van der Waals surface area contributed by atoms with Crippen molar-refractivity contribution in [3.8, 4) is 0 Å². The van der Waals surface area contributed by atoms with Crippen LogP contribution in [0.4, 0.5) is 0 Å². The molecule has 1 spiro atoms. The Morgan fingerprint density at radius 3 is 2.33 bits per heavy atom. The highest BCUT2D eigenvalue weighted by Gasteiger charge is 2.73. The van der Waals surface area contributed by atoms with E-state index in [-0.39, 0.29) is 23.4 Å². The predicted molar refractivity (Wildman–Crippen MR) is 121 cm³/mol. The quantitative estimate of drug-likeness (QED) is 0.576. The van der Waals surface area contributed by atoms with E-state index in [9.17, 15) is 9.59 Å². The van der Waals surface area contributed by atoms with Crippen LogP contribution in [0.5, 0.6) is 0 Å². The summed E-state index contributed by atoms with van der Waals surface area (Å²) >= 11 is 0. The van der Waals surface area contributed by atoms with Crippen LogP contribution in [0.15, 0.2) is 53.3 Å². The summed E-state index contributed by atoms with van der Waals surface area (Å²) in [5, 5.41) is 0. The van der Waals surface area contributed by atoms with Gasteiger partial charge >= 0.3 is 11.9 Å². The van der Waals surface area contributed by atoms with Crippen molar-refractivity contribution in [1.29, 1.82) is 0 Å². The van der Waals surface area contributed by atoms with E-state index in [0.29, 0.717) is 24.0 Å². The molecular weight excluding hydrogens is 420 g/mol. The lowest BCUT2D eigenvalue weighted by Crippen LogP contribution is -2.67. The van der Waals surface area contributed by atoms with Crippen molar-refractivity contribution in [3.05, 3.63) is 60.1 Å². The molecule has 0 radical (unpaired) electrons. The smallest absolute Gasteiger partial charge is 0.341 e. The van der Waals surface area contributed by atoms with E-state index in [1.165, 1.54) is 12.5 Å². The Balaban J connectivity index is 1.53. The van der Waals surface area contributed by atoms with Gasteiger partial charge in [0.2, 0.25) is 0 Å². The lowest BCUT2D eigenvalue weighted by atomic mass is 9.50. The van der Waals surface area contributed by atoms with E-state index in [4.69, 9.17) is 18.6 Å². The summed E-state index contributed by atoms with van der Waals surface area (Å²) in [6, 6.07) is 10.7. The average Bonchev–Trinajstić information content (AvgIpc) is 3.40. The first kappa shape index (κ1) is 22.2. The predicted octanol–water partition coefficient (Wildman–Crippen LogP) is 5.42. The molecule has 1 aromatic carbocycles. The van der Waals surface area contributed by atoms with Gasteiger partial charge in [0, 0.05) is 0 Å². The molecule has 2 bridgehead atoms. The first-order valence-corrected chi connectivity index (χ1v) is 11.9. The number of benzene rings is 1. The van der Waals surface area contributed by atoms with Gasteiger partial charge in [0.25, 0.3) is 0 Å². The molecule has 2 heterocycles. The molecule has 2 aliphatic carbocycles. The molecule has 2 aromatic rings. The molecule has 6 nitrogen and oxygen atoms in total. The maximum Gasteiger partial charge on any atom is 0.341 e. The second-order valence-electron chi connectivity index (χ2n) is 10.7. The normalized spacial score (nSPS) is 36.6. The largest absolute Gasteiger partial charge is 0.472 e. The zero-order valence-electron chi connectivity index (χ0n) is 19.7. The van der Waals surface area contributed by atoms with Gasteiger partial charge in [0.15, 0.2) is 0 Å². The number of hydrogen-bond donors (Lipinski definition) is 0. The van der Waals surface area contributed by atoms with Crippen LogP contribution in [-0.4, -0.2) is 35.3 Å². The first-order chi connectivity index (χ1) is 15.7. The minimum absolute atomic E-state index is 0.244. The van der Waals surface area contributed by atoms with Gasteiger partial charge in [-0.1, -0.05) is 25.1 Å². The van der Waals surface area contributed by atoms with Gasteiger partial charge in [0.05, 0.1) is 34.0 Å². The standard InChI is InChI=1S/C27H32O6/c1-17-10-11-21(31-24(29)19-12-13-30-16-19)26(4)22(32-23(28)18-8-6-5-7-9-18)14-20-15-27(17,26)33-25(20,2)3/h5-9,12-13,16-17,20-22H,10-11,14-15H2,1-4H3/t17?,20-,21+,22+,26+,27+/m1/s1. The van der Waals surface area contributed by atoms with Crippen molar-refractivity contribution in [2.24, 2.45) is 17.3 Å². The van der Waals surface area contributed by atoms with E-state index in [0.717, 1.165) is 12.8 Å². The van der Waals surface area contributed by atoms with Crippen LogP contribution in [0.1, 0.15) is 74.1 Å². The van der Waals surface area contributed by atoms with Crippen LogP contribution < -0.4 is 0 Å². The lowest BCUT2D eigenvalue weighted by Gasteiger charge is -2.60. The third kappa shape index (κ3) is 3.33. The zero-order valence-corrected chi connectivity index (χ0v) is 19.7. The first-order valence-electron chi connectivity index (χ1n) is 11.9. The maximum absolute atomic E-state index is 13.1. The number of ether oxygens (including phenoxy) is 3. The van der Waals surface area contributed by atoms with Gasteiger partial charge in [-0.15, -0.1) is 0 Å². The summed E-state index contributed by atoms with van der Waals surface area (Å²) in [6.07, 6.45) is 5.09. The van der Waals surface area contributed by atoms with Gasteiger partial charge in [-0.05, 0) is 76.5 Å². The Morgan fingerprint density at radius 1 is 0.939 bits per heavy atom. The fourth-order valence-corrected chi connectivity index (χ4v) is 6.63. The molecule has 6 atom stereocenters. The Morgan fingerprint density at radius 2 is 1.64 bits per heavy atom. The second kappa shape index (κ2) is 7.73. The van der Waals surface area contributed by atoms with Gasteiger partial charge in [-0.2, -0.15) is 0 Å². The summed E-state index contributed by atoms with van der Waals surface area (Å²) in [4.78, 5) is 26.1. The molecule has 33 heavy (non-hydrogen) atoms. The molecule has 2 saturated carbocycles. The van der Waals surface area contributed by atoms with E-state index < -0.39 is 29.2 Å². The lowest BCUT2D eigenvalue weighted by molar-refractivity contribution is -0.253. The number of furan rings is 1. The van der Waals surface area contributed by atoms with Crippen LogP contribution in [0.25, 0.3) is 0 Å². The summed E-state index contributed by atoms with van der Waals surface area (Å²) in [7, 11) is 0. The summed E-state index contributed by atoms with van der Waals surface area (Å²) in [6.45, 7) is 8.56. The Bertz CT molecular complexity index is 1030. The van der Waals surface area contributed by atoms with Crippen molar-refractivity contribution in [2.45, 2.75) is 76.8 Å². The van der Waals surface area contributed by atoms with Crippen molar-refractivity contribution in [3.63, 3.8) is 0 Å². The van der Waals surface area contributed by atoms with Gasteiger partial charge < -0.3 is 18.6 Å². The summed E-state index contributed by atoms with van der Waals surface area (Å²) in [5.74, 6) is -0.278. The Hall–Kier alpha value is -2.60. The number of fused-ring (bicyclic) bond motifs is 1. The van der Waals surface area contributed by atoms with Crippen LogP contribution >= 0.6 is 0 Å². The summed E-state index contributed by atoms with van der Waals surface area (Å²) in [5.41, 5.74) is -0.672. The molecule has 0 N–H and O–H groups in total. The fraction of sp³-hybridized carbons (Fsp3) is 0.556. The van der Waals surface area contributed by atoms with E-state index >= 15 is 0 Å². The van der Waals surface area contributed by atoms with E-state index in [1.54, 1.807) is 18.2 Å². The monoisotopic (exact) mass is 452 g/mol. The highest BCUT2D eigenvalue weighted by molar-refractivity contribution is 5.90. The van der Waals surface area contributed by atoms with Crippen molar-refractivity contribution in [1.82, 2.24) is 0 Å². The van der Waals surface area contributed by atoms with Crippen molar-refractivity contribution in [2.75, 3.05) is 0 Å². The molecule has 1 saturated heterocycles. The third-order valence-electron chi connectivity index (χ3n) is 8.65. The average molecular weight is 453 g/mol. The van der Waals surface area contributed by atoms with Crippen LogP contribution in [0.2, 0.25) is 0 Å². The van der Waals surface area contributed by atoms with Crippen molar-refractivity contribution < 1.29 is 28.2 Å². The summed E-state index contributed by atoms with van der Waals surface area (Å²) < 4.78 is 24.3. The second-order valence-corrected chi connectivity index (χ2v) is 10.7. The number of esters is 2. The molecule has 176 valence electrons. The van der Waals surface area contributed by atoms with Crippen LogP contribution in [0.3, 0.4) is 0 Å².